The number of nitrogens with zero attached hydrogens (tertiary/aromatic N) is 3. The minimum Gasteiger partial charge on any atom is -0.338 e. The lowest BCUT2D eigenvalue weighted by Crippen LogP contribution is -2.39. The molecular formula is C22H22N4O. The molecule has 0 saturated carbocycles. The third-order valence-corrected chi connectivity index (χ3v) is 4.85. The van der Waals surface area contributed by atoms with Crippen molar-refractivity contribution in [2.75, 3.05) is 18.4 Å². The molecular weight excluding hydrogens is 336 g/mol. The molecule has 27 heavy (non-hydrogen) atoms. The summed E-state index contributed by atoms with van der Waals surface area (Å²) in [6, 6.07) is 21.3. The van der Waals surface area contributed by atoms with Crippen LogP contribution in [-0.4, -0.2) is 33.9 Å². The Bertz CT molecular complexity index is 898. The van der Waals surface area contributed by atoms with Gasteiger partial charge >= 0.3 is 0 Å². The Balaban J connectivity index is 1.48. The summed E-state index contributed by atoms with van der Waals surface area (Å²) in [5.41, 5.74) is 2.68. The summed E-state index contributed by atoms with van der Waals surface area (Å²) in [6.45, 7) is 1.49. The molecule has 1 unspecified atom stereocenters. The highest BCUT2D eigenvalue weighted by molar-refractivity contribution is 5.94. The molecule has 2 heterocycles. The number of nitrogens with one attached hydrogen (secondary N) is 1. The summed E-state index contributed by atoms with van der Waals surface area (Å²) in [5, 5.41) is 3.24. The number of benzene rings is 2. The summed E-state index contributed by atoms with van der Waals surface area (Å²) in [6.07, 6.45) is 3.79. The summed E-state index contributed by atoms with van der Waals surface area (Å²) in [4.78, 5) is 23.7. The van der Waals surface area contributed by atoms with Crippen molar-refractivity contribution in [2.45, 2.75) is 18.8 Å². The smallest absolute Gasteiger partial charge is 0.253 e. The Hall–Kier alpha value is -3.21. The second kappa shape index (κ2) is 7.99. The van der Waals surface area contributed by atoms with Crippen molar-refractivity contribution in [3.8, 4) is 0 Å². The molecule has 1 aromatic heterocycles. The van der Waals surface area contributed by atoms with Gasteiger partial charge < -0.3 is 10.2 Å². The Labute approximate surface area is 159 Å². The van der Waals surface area contributed by atoms with Crippen LogP contribution in [0.4, 0.5) is 11.6 Å². The molecule has 1 N–H and O–H groups in total. The highest BCUT2D eigenvalue weighted by Gasteiger charge is 2.26. The van der Waals surface area contributed by atoms with Crippen molar-refractivity contribution in [3.63, 3.8) is 0 Å². The fourth-order valence-electron chi connectivity index (χ4n) is 3.48. The van der Waals surface area contributed by atoms with E-state index in [4.69, 9.17) is 4.98 Å². The van der Waals surface area contributed by atoms with Crippen molar-refractivity contribution in [2.24, 2.45) is 0 Å². The molecule has 1 atom stereocenters. The predicted molar refractivity (Wildman–Crippen MR) is 106 cm³/mol. The van der Waals surface area contributed by atoms with E-state index in [1.165, 1.54) is 0 Å². The van der Waals surface area contributed by atoms with E-state index in [9.17, 15) is 4.79 Å². The second-order valence-electron chi connectivity index (χ2n) is 6.75. The standard InChI is InChI=1S/C22H22N4O/c27-21(17-8-3-1-4-9-17)26-15-7-10-18(16-26)20-13-14-23-22(25-20)24-19-11-5-2-6-12-19/h1-6,8-9,11-14,18H,7,10,15-16H2,(H,23,24,25). The number of hydrogen-bond donors (Lipinski definition) is 1. The Morgan fingerprint density at radius 3 is 2.52 bits per heavy atom. The molecule has 0 bridgehead atoms. The van der Waals surface area contributed by atoms with Crippen molar-refractivity contribution in [3.05, 3.63) is 84.2 Å². The number of hydrogen-bond acceptors (Lipinski definition) is 4. The molecule has 5 heteroatoms. The van der Waals surface area contributed by atoms with Crippen molar-refractivity contribution in [1.82, 2.24) is 14.9 Å². The van der Waals surface area contributed by atoms with Crippen LogP contribution in [0.3, 0.4) is 0 Å². The first kappa shape index (κ1) is 17.2. The van der Waals surface area contributed by atoms with E-state index in [-0.39, 0.29) is 11.8 Å². The molecule has 5 nitrogen and oxygen atoms in total. The molecule has 1 amide bonds. The first-order valence-corrected chi connectivity index (χ1v) is 9.29. The lowest BCUT2D eigenvalue weighted by atomic mass is 9.94. The van der Waals surface area contributed by atoms with Crippen LogP contribution in [0.2, 0.25) is 0 Å². The van der Waals surface area contributed by atoms with Crippen LogP contribution >= 0.6 is 0 Å². The van der Waals surface area contributed by atoms with Crippen LogP contribution in [0, 0.1) is 0 Å². The van der Waals surface area contributed by atoms with Gasteiger partial charge in [-0.2, -0.15) is 0 Å². The van der Waals surface area contributed by atoms with Crippen LogP contribution in [0.25, 0.3) is 0 Å². The molecule has 4 rings (SSSR count). The van der Waals surface area contributed by atoms with Gasteiger partial charge in [0.05, 0.1) is 5.69 Å². The van der Waals surface area contributed by atoms with Gasteiger partial charge in [0.15, 0.2) is 0 Å². The maximum absolute atomic E-state index is 12.8. The molecule has 1 saturated heterocycles. The first-order valence-electron chi connectivity index (χ1n) is 9.29. The van der Waals surface area contributed by atoms with E-state index in [2.05, 4.69) is 10.3 Å². The topological polar surface area (TPSA) is 58.1 Å². The summed E-state index contributed by atoms with van der Waals surface area (Å²) >= 11 is 0. The SMILES string of the molecule is O=C(c1ccccc1)N1CCCC(c2ccnc(Nc3ccccc3)n2)C1. The van der Waals surface area contributed by atoms with Crippen LogP contribution in [0.1, 0.15) is 34.8 Å². The number of piperidine rings is 1. The fourth-order valence-corrected chi connectivity index (χ4v) is 3.48. The molecule has 0 aliphatic carbocycles. The van der Waals surface area contributed by atoms with Crippen molar-refractivity contribution < 1.29 is 4.79 Å². The largest absolute Gasteiger partial charge is 0.338 e. The minimum atomic E-state index is 0.0944. The van der Waals surface area contributed by atoms with E-state index in [0.29, 0.717) is 12.5 Å². The van der Waals surface area contributed by atoms with E-state index in [0.717, 1.165) is 36.3 Å². The Kier molecular flexibility index (Phi) is 5.10. The zero-order chi connectivity index (χ0) is 18.5. The van der Waals surface area contributed by atoms with Gasteiger partial charge in [0.25, 0.3) is 5.91 Å². The number of carbonyl (C=O) groups excluding carboxylic acids is 1. The number of likely N-dealkylation sites (tertiary alicyclic amines) is 1. The van der Waals surface area contributed by atoms with Gasteiger partial charge in [-0.05, 0) is 43.2 Å². The van der Waals surface area contributed by atoms with Crippen LogP contribution < -0.4 is 5.32 Å². The number of anilines is 2. The fraction of sp³-hybridized carbons (Fsp3) is 0.227. The minimum absolute atomic E-state index is 0.0944. The summed E-state index contributed by atoms with van der Waals surface area (Å²) in [7, 11) is 0. The van der Waals surface area contributed by atoms with Gasteiger partial charge in [-0.1, -0.05) is 36.4 Å². The molecule has 136 valence electrons. The van der Waals surface area contributed by atoms with E-state index in [1.807, 2.05) is 71.6 Å². The zero-order valence-corrected chi connectivity index (χ0v) is 15.1. The quantitative estimate of drug-likeness (QED) is 0.758. The average molecular weight is 358 g/mol. The number of rotatable bonds is 4. The maximum atomic E-state index is 12.8. The van der Waals surface area contributed by atoms with Crippen LogP contribution in [-0.2, 0) is 0 Å². The van der Waals surface area contributed by atoms with Gasteiger partial charge in [0.1, 0.15) is 0 Å². The monoisotopic (exact) mass is 358 g/mol. The van der Waals surface area contributed by atoms with Crippen LogP contribution in [0.15, 0.2) is 72.9 Å². The number of para-hydroxylation sites is 1. The predicted octanol–water partition coefficient (Wildman–Crippen LogP) is 4.24. The lowest BCUT2D eigenvalue weighted by molar-refractivity contribution is 0.0706. The van der Waals surface area contributed by atoms with Gasteiger partial charge in [0, 0.05) is 36.5 Å². The van der Waals surface area contributed by atoms with Crippen molar-refractivity contribution in [1.29, 1.82) is 0 Å². The second-order valence-corrected chi connectivity index (χ2v) is 6.75. The highest BCUT2D eigenvalue weighted by Crippen LogP contribution is 2.27. The van der Waals surface area contributed by atoms with Crippen molar-refractivity contribution >= 4 is 17.5 Å². The number of aromatic nitrogens is 2. The van der Waals surface area contributed by atoms with Gasteiger partial charge in [-0.3, -0.25) is 4.79 Å². The normalized spacial score (nSPS) is 16.7. The van der Waals surface area contributed by atoms with E-state index < -0.39 is 0 Å². The molecule has 1 aliphatic rings. The number of carbonyl (C=O) groups is 1. The average Bonchev–Trinajstić information content (AvgIpc) is 2.75. The van der Waals surface area contributed by atoms with E-state index >= 15 is 0 Å². The molecule has 2 aromatic carbocycles. The summed E-state index contributed by atoms with van der Waals surface area (Å²) in [5.74, 6) is 0.910. The molecule has 1 fully saturated rings. The van der Waals surface area contributed by atoms with Gasteiger partial charge in [-0.25, -0.2) is 9.97 Å². The zero-order valence-electron chi connectivity index (χ0n) is 15.1. The highest BCUT2D eigenvalue weighted by atomic mass is 16.2. The molecule has 0 spiro atoms. The summed E-state index contributed by atoms with van der Waals surface area (Å²) < 4.78 is 0. The number of amides is 1. The Morgan fingerprint density at radius 2 is 1.74 bits per heavy atom. The van der Waals surface area contributed by atoms with Gasteiger partial charge in [0.2, 0.25) is 5.95 Å². The Morgan fingerprint density at radius 1 is 1.00 bits per heavy atom. The molecule has 1 aliphatic heterocycles. The van der Waals surface area contributed by atoms with Crippen LogP contribution in [0.5, 0.6) is 0 Å². The molecule has 3 aromatic rings. The first-order chi connectivity index (χ1) is 13.3. The third-order valence-electron chi connectivity index (χ3n) is 4.85. The molecule has 0 radical (unpaired) electrons. The third kappa shape index (κ3) is 4.14. The van der Waals surface area contributed by atoms with Gasteiger partial charge in [-0.15, -0.1) is 0 Å². The maximum Gasteiger partial charge on any atom is 0.253 e. The lowest BCUT2D eigenvalue weighted by Gasteiger charge is -2.32. The van der Waals surface area contributed by atoms with E-state index in [1.54, 1.807) is 6.20 Å².